The van der Waals surface area contributed by atoms with Gasteiger partial charge in [0, 0.05) is 17.8 Å². The van der Waals surface area contributed by atoms with Crippen LogP contribution in [0, 0.1) is 13.8 Å². The van der Waals surface area contributed by atoms with E-state index in [4.69, 9.17) is 9.84 Å². The van der Waals surface area contributed by atoms with Gasteiger partial charge in [0.25, 0.3) is 0 Å². The molecule has 0 bridgehead atoms. The van der Waals surface area contributed by atoms with E-state index in [1.807, 2.05) is 6.92 Å². The third-order valence-corrected chi connectivity index (χ3v) is 3.27. The zero-order valence-corrected chi connectivity index (χ0v) is 12.6. The van der Waals surface area contributed by atoms with E-state index in [2.05, 4.69) is 15.2 Å². The molecule has 1 N–H and O–H groups in total. The molecule has 0 aliphatic heterocycles. The van der Waals surface area contributed by atoms with Crippen molar-refractivity contribution in [1.29, 1.82) is 0 Å². The van der Waals surface area contributed by atoms with E-state index in [-0.39, 0.29) is 5.56 Å². The Balaban J connectivity index is 1.92. The van der Waals surface area contributed by atoms with E-state index in [0.717, 1.165) is 5.69 Å². The second-order valence-corrected chi connectivity index (χ2v) is 4.96. The molecule has 3 rings (SSSR count). The zero-order chi connectivity index (χ0) is 16.4. The molecule has 7 nitrogen and oxygen atoms in total. The fraction of sp³-hybridized carbons (Fsp3) is 0.125. The molecule has 0 spiro atoms. The van der Waals surface area contributed by atoms with Crippen LogP contribution in [0.1, 0.15) is 21.6 Å². The Labute approximate surface area is 132 Å². The number of hydrogen-bond donors (Lipinski definition) is 1. The Hall–Kier alpha value is -3.22. The second kappa shape index (κ2) is 5.88. The lowest BCUT2D eigenvalue weighted by Gasteiger charge is -2.11. The van der Waals surface area contributed by atoms with Crippen LogP contribution in [-0.4, -0.2) is 31.1 Å². The van der Waals surface area contributed by atoms with Crippen molar-refractivity contribution in [3.63, 3.8) is 0 Å². The highest BCUT2D eigenvalue weighted by Crippen LogP contribution is 2.27. The van der Waals surface area contributed by atoms with Crippen molar-refractivity contribution in [3.05, 3.63) is 59.5 Å². The molecule has 0 amide bonds. The Kier molecular flexibility index (Phi) is 3.76. The van der Waals surface area contributed by atoms with Crippen molar-refractivity contribution < 1.29 is 14.6 Å². The standard InChI is InChI=1S/C16H14N4O3/c1-10-9-18-20(19-10)15-8-12(6-7-17-15)23-14-5-3-4-13(11(14)2)16(21)22/h3-9H,1-2H3,(H,21,22). The van der Waals surface area contributed by atoms with Gasteiger partial charge in [-0.15, -0.1) is 4.80 Å². The molecule has 0 saturated carbocycles. The predicted octanol–water partition coefficient (Wildman–Crippen LogP) is 2.77. The minimum atomic E-state index is -0.986. The first kappa shape index (κ1) is 14.7. The highest BCUT2D eigenvalue weighted by molar-refractivity contribution is 5.90. The number of rotatable bonds is 4. The van der Waals surface area contributed by atoms with Crippen molar-refractivity contribution in [2.75, 3.05) is 0 Å². The number of carboxylic acid groups (broad SMARTS) is 1. The number of pyridine rings is 1. The molecular formula is C16H14N4O3. The monoisotopic (exact) mass is 310 g/mol. The maximum absolute atomic E-state index is 11.2. The summed E-state index contributed by atoms with van der Waals surface area (Å²) in [5, 5.41) is 17.5. The number of carbonyl (C=O) groups is 1. The molecule has 0 saturated heterocycles. The van der Waals surface area contributed by atoms with Gasteiger partial charge >= 0.3 is 5.97 Å². The molecule has 0 aliphatic rings. The van der Waals surface area contributed by atoms with Crippen molar-refractivity contribution in [2.45, 2.75) is 13.8 Å². The lowest BCUT2D eigenvalue weighted by atomic mass is 10.1. The first-order valence-corrected chi connectivity index (χ1v) is 6.91. The predicted molar refractivity (Wildman–Crippen MR) is 82.1 cm³/mol. The minimum absolute atomic E-state index is 0.209. The average molecular weight is 310 g/mol. The Morgan fingerprint density at radius 1 is 1.26 bits per heavy atom. The van der Waals surface area contributed by atoms with Crippen LogP contribution < -0.4 is 4.74 Å². The summed E-state index contributed by atoms with van der Waals surface area (Å²) in [6.07, 6.45) is 3.22. The number of carboxylic acids is 1. The second-order valence-electron chi connectivity index (χ2n) is 4.96. The quantitative estimate of drug-likeness (QED) is 0.797. The van der Waals surface area contributed by atoms with E-state index in [0.29, 0.717) is 22.9 Å². The third-order valence-electron chi connectivity index (χ3n) is 3.27. The van der Waals surface area contributed by atoms with Gasteiger partial charge in [-0.1, -0.05) is 6.07 Å². The summed E-state index contributed by atoms with van der Waals surface area (Å²) in [4.78, 5) is 16.8. The summed E-state index contributed by atoms with van der Waals surface area (Å²) in [5.41, 5.74) is 1.55. The van der Waals surface area contributed by atoms with Crippen molar-refractivity contribution >= 4 is 5.97 Å². The van der Waals surface area contributed by atoms with E-state index in [9.17, 15) is 4.79 Å². The lowest BCUT2D eigenvalue weighted by Crippen LogP contribution is -2.03. The van der Waals surface area contributed by atoms with Crippen LogP contribution in [0.5, 0.6) is 11.5 Å². The molecule has 0 unspecified atom stereocenters. The van der Waals surface area contributed by atoms with Gasteiger partial charge in [0.2, 0.25) is 0 Å². The number of nitrogens with zero attached hydrogens (tertiary/aromatic N) is 4. The van der Waals surface area contributed by atoms with Crippen LogP contribution in [-0.2, 0) is 0 Å². The number of aromatic carboxylic acids is 1. The Bertz CT molecular complexity index is 873. The Morgan fingerprint density at radius 2 is 2.09 bits per heavy atom. The maximum atomic E-state index is 11.2. The molecule has 116 valence electrons. The SMILES string of the molecule is Cc1cnn(-c2cc(Oc3cccc(C(=O)O)c3C)ccn2)n1. The van der Waals surface area contributed by atoms with Crippen molar-refractivity contribution in [1.82, 2.24) is 20.0 Å². The van der Waals surface area contributed by atoms with E-state index in [1.165, 1.54) is 4.80 Å². The first-order valence-electron chi connectivity index (χ1n) is 6.91. The maximum Gasteiger partial charge on any atom is 0.336 e. The number of aromatic nitrogens is 4. The van der Waals surface area contributed by atoms with Gasteiger partial charge < -0.3 is 9.84 Å². The van der Waals surface area contributed by atoms with Crippen molar-refractivity contribution in [3.8, 4) is 17.3 Å². The van der Waals surface area contributed by atoms with E-state index >= 15 is 0 Å². The average Bonchev–Trinajstić information content (AvgIpc) is 2.96. The van der Waals surface area contributed by atoms with Crippen LogP contribution in [0.15, 0.2) is 42.7 Å². The van der Waals surface area contributed by atoms with Gasteiger partial charge in [0.15, 0.2) is 5.82 Å². The number of aryl methyl sites for hydroxylation is 1. The third kappa shape index (κ3) is 3.03. The van der Waals surface area contributed by atoms with E-state index in [1.54, 1.807) is 49.6 Å². The molecule has 1 aromatic carbocycles. The fourth-order valence-electron chi connectivity index (χ4n) is 2.11. The zero-order valence-electron chi connectivity index (χ0n) is 12.6. The van der Waals surface area contributed by atoms with Gasteiger partial charge in [0.05, 0.1) is 17.5 Å². The van der Waals surface area contributed by atoms with Gasteiger partial charge in [-0.2, -0.15) is 10.2 Å². The van der Waals surface area contributed by atoms with Crippen molar-refractivity contribution in [2.24, 2.45) is 0 Å². The summed E-state index contributed by atoms with van der Waals surface area (Å²) in [6, 6.07) is 8.28. The van der Waals surface area contributed by atoms with Crippen LogP contribution in [0.4, 0.5) is 0 Å². The molecule has 0 radical (unpaired) electrons. The van der Waals surface area contributed by atoms with Gasteiger partial charge in [-0.05, 0) is 32.0 Å². The summed E-state index contributed by atoms with van der Waals surface area (Å²) < 4.78 is 5.80. The topological polar surface area (TPSA) is 90.1 Å². The molecule has 7 heteroatoms. The van der Waals surface area contributed by atoms with Crippen LogP contribution in [0.3, 0.4) is 0 Å². The summed E-state index contributed by atoms with van der Waals surface area (Å²) >= 11 is 0. The summed E-state index contributed by atoms with van der Waals surface area (Å²) in [6.45, 7) is 3.55. The van der Waals surface area contributed by atoms with Crippen LogP contribution in [0.25, 0.3) is 5.82 Å². The van der Waals surface area contributed by atoms with Gasteiger partial charge in [-0.25, -0.2) is 9.78 Å². The first-order chi connectivity index (χ1) is 11.0. The summed E-state index contributed by atoms with van der Waals surface area (Å²) in [5.74, 6) is 0.532. The molecule has 23 heavy (non-hydrogen) atoms. The fourth-order valence-corrected chi connectivity index (χ4v) is 2.11. The molecule has 0 aliphatic carbocycles. The smallest absolute Gasteiger partial charge is 0.336 e. The van der Waals surface area contributed by atoms with Crippen LogP contribution >= 0.6 is 0 Å². The molecule has 2 heterocycles. The van der Waals surface area contributed by atoms with Crippen LogP contribution in [0.2, 0.25) is 0 Å². The molecular weight excluding hydrogens is 296 g/mol. The normalized spacial score (nSPS) is 10.5. The molecule has 0 fully saturated rings. The largest absolute Gasteiger partial charge is 0.478 e. The highest BCUT2D eigenvalue weighted by atomic mass is 16.5. The lowest BCUT2D eigenvalue weighted by molar-refractivity contribution is 0.0695. The van der Waals surface area contributed by atoms with E-state index < -0.39 is 5.97 Å². The van der Waals surface area contributed by atoms with Gasteiger partial charge in [-0.3, -0.25) is 0 Å². The molecule has 2 aromatic heterocycles. The molecule has 0 atom stereocenters. The number of benzene rings is 1. The van der Waals surface area contributed by atoms with Gasteiger partial charge in [0.1, 0.15) is 11.5 Å². The molecule has 3 aromatic rings. The number of ether oxygens (including phenoxy) is 1. The number of hydrogen-bond acceptors (Lipinski definition) is 5. The highest BCUT2D eigenvalue weighted by Gasteiger charge is 2.12. The Morgan fingerprint density at radius 3 is 2.78 bits per heavy atom. The minimum Gasteiger partial charge on any atom is -0.478 e. The summed E-state index contributed by atoms with van der Waals surface area (Å²) in [7, 11) is 0.